The molecule has 0 bridgehead atoms. The van der Waals surface area contributed by atoms with Gasteiger partial charge in [-0.15, -0.1) is 0 Å². The maximum absolute atomic E-state index is 12.5. The van der Waals surface area contributed by atoms with Crippen molar-refractivity contribution >= 4 is 40.0 Å². The Balaban J connectivity index is 1.62. The van der Waals surface area contributed by atoms with Gasteiger partial charge in [-0.1, -0.05) is 17.7 Å². The molecule has 1 aromatic heterocycles. The molecule has 0 aliphatic rings. The lowest BCUT2D eigenvalue weighted by atomic mass is 10.1. The Labute approximate surface area is 170 Å². The van der Waals surface area contributed by atoms with Gasteiger partial charge in [0.2, 0.25) is 5.89 Å². The number of fused-ring (bicyclic) bond motifs is 1. The Hall–Kier alpha value is -3.71. The third-order valence-electron chi connectivity index (χ3n) is 4.34. The molecule has 29 heavy (non-hydrogen) atoms. The van der Waals surface area contributed by atoms with Crippen molar-refractivity contribution in [3.63, 3.8) is 0 Å². The molecule has 0 unspecified atom stereocenters. The van der Waals surface area contributed by atoms with Crippen LogP contribution in [-0.4, -0.2) is 15.8 Å². The van der Waals surface area contributed by atoms with Crippen LogP contribution in [0.25, 0.3) is 22.6 Å². The second-order valence-corrected chi connectivity index (χ2v) is 6.85. The second-order valence-electron chi connectivity index (χ2n) is 6.44. The van der Waals surface area contributed by atoms with Gasteiger partial charge in [-0.25, -0.2) is 4.98 Å². The van der Waals surface area contributed by atoms with Crippen molar-refractivity contribution in [3.05, 3.63) is 86.9 Å². The Morgan fingerprint density at radius 3 is 2.59 bits per heavy atom. The normalized spacial score (nSPS) is 10.8. The molecule has 0 fully saturated rings. The third-order valence-corrected chi connectivity index (χ3v) is 4.67. The number of nitrogens with zero attached hydrogens (tertiary/aromatic N) is 2. The minimum atomic E-state index is -0.519. The molecule has 0 radical (unpaired) electrons. The highest BCUT2D eigenvalue weighted by Gasteiger charge is 2.15. The summed E-state index contributed by atoms with van der Waals surface area (Å²) in [5, 5.41) is 13.9. The van der Waals surface area contributed by atoms with E-state index in [2.05, 4.69) is 10.3 Å². The highest BCUT2D eigenvalue weighted by atomic mass is 35.5. The van der Waals surface area contributed by atoms with Crippen molar-refractivity contribution < 1.29 is 14.1 Å². The number of benzene rings is 3. The first kappa shape index (κ1) is 18.6. The summed E-state index contributed by atoms with van der Waals surface area (Å²) < 4.78 is 5.80. The number of carbonyl (C=O) groups excluding carboxylic acids is 1. The number of rotatable bonds is 4. The minimum absolute atomic E-state index is 0.0819. The monoisotopic (exact) mass is 407 g/mol. The summed E-state index contributed by atoms with van der Waals surface area (Å²) in [4.78, 5) is 27.2. The van der Waals surface area contributed by atoms with Gasteiger partial charge >= 0.3 is 0 Å². The van der Waals surface area contributed by atoms with Crippen LogP contribution >= 0.6 is 11.6 Å². The molecule has 4 aromatic rings. The molecule has 1 heterocycles. The zero-order chi connectivity index (χ0) is 20.5. The molecule has 144 valence electrons. The number of aromatic nitrogens is 1. The second kappa shape index (κ2) is 7.37. The van der Waals surface area contributed by atoms with Crippen LogP contribution in [0.5, 0.6) is 0 Å². The van der Waals surface area contributed by atoms with Crippen LogP contribution in [0.1, 0.15) is 15.9 Å². The lowest BCUT2D eigenvalue weighted by Gasteiger charge is -2.07. The predicted octanol–water partition coefficient (Wildman–Crippen LogP) is 5.62. The number of amides is 1. The highest BCUT2D eigenvalue weighted by Crippen LogP contribution is 2.32. The highest BCUT2D eigenvalue weighted by molar-refractivity contribution is 6.33. The standard InChI is InChI=1S/C21H14ClN3O4/c1-12-2-9-19-18(10-12)24-21(29-19)16-11-14(5-8-17(16)22)23-20(26)13-3-6-15(7-4-13)25(27)28/h2-11H,1H3,(H,23,26). The van der Waals surface area contributed by atoms with Crippen LogP contribution in [0.2, 0.25) is 5.02 Å². The molecule has 3 aromatic carbocycles. The summed E-state index contributed by atoms with van der Waals surface area (Å²) in [5.41, 5.74) is 3.67. The summed E-state index contributed by atoms with van der Waals surface area (Å²) in [6, 6.07) is 16.0. The van der Waals surface area contributed by atoms with Crippen LogP contribution < -0.4 is 5.32 Å². The molecular formula is C21H14ClN3O4. The van der Waals surface area contributed by atoms with Gasteiger partial charge in [-0.2, -0.15) is 0 Å². The fourth-order valence-corrected chi connectivity index (χ4v) is 3.06. The van der Waals surface area contributed by atoms with Crippen molar-refractivity contribution in [2.45, 2.75) is 6.92 Å². The molecule has 1 amide bonds. The molecule has 0 aliphatic carbocycles. The van der Waals surface area contributed by atoms with E-state index < -0.39 is 10.8 Å². The first-order valence-electron chi connectivity index (χ1n) is 8.63. The lowest BCUT2D eigenvalue weighted by molar-refractivity contribution is -0.384. The fraction of sp³-hybridized carbons (Fsp3) is 0.0476. The van der Waals surface area contributed by atoms with Crippen molar-refractivity contribution in [3.8, 4) is 11.5 Å². The zero-order valence-electron chi connectivity index (χ0n) is 15.2. The van der Waals surface area contributed by atoms with Gasteiger partial charge in [0.25, 0.3) is 11.6 Å². The quantitative estimate of drug-likeness (QED) is 0.350. The lowest BCUT2D eigenvalue weighted by Crippen LogP contribution is -2.11. The molecule has 0 saturated carbocycles. The van der Waals surface area contributed by atoms with E-state index in [0.717, 1.165) is 11.1 Å². The van der Waals surface area contributed by atoms with Crippen LogP contribution in [0.4, 0.5) is 11.4 Å². The Morgan fingerprint density at radius 1 is 1.10 bits per heavy atom. The van der Waals surface area contributed by atoms with E-state index >= 15 is 0 Å². The van der Waals surface area contributed by atoms with E-state index in [9.17, 15) is 14.9 Å². The molecule has 0 saturated heterocycles. The molecule has 4 rings (SSSR count). The van der Waals surface area contributed by atoms with Gasteiger partial charge < -0.3 is 9.73 Å². The van der Waals surface area contributed by atoms with Crippen LogP contribution in [0.3, 0.4) is 0 Å². The molecule has 0 spiro atoms. The fourth-order valence-electron chi connectivity index (χ4n) is 2.86. The van der Waals surface area contributed by atoms with Gasteiger partial charge in [0.05, 0.1) is 15.5 Å². The zero-order valence-corrected chi connectivity index (χ0v) is 15.9. The molecule has 1 N–H and O–H groups in total. The number of carbonyl (C=O) groups is 1. The van der Waals surface area contributed by atoms with Crippen LogP contribution in [0, 0.1) is 17.0 Å². The van der Waals surface area contributed by atoms with Crippen molar-refractivity contribution in [1.82, 2.24) is 4.98 Å². The first-order chi connectivity index (χ1) is 13.9. The Bertz CT molecular complexity index is 1250. The molecule has 8 heteroatoms. The number of aryl methyl sites for hydroxylation is 1. The number of nitro benzene ring substituents is 1. The van der Waals surface area contributed by atoms with E-state index in [1.807, 2.05) is 25.1 Å². The van der Waals surface area contributed by atoms with Crippen molar-refractivity contribution in [2.75, 3.05) is 5.32 Å². The average Bonchev–Trinajstić information content (AvgIpc) is 3.12. The average molecular weight is 408 g/mol. The van der Waals surface area contributed by atoms with E-state index in [0.29, 0.717) is 33.3 Å². The summed E-state index contributed by atoms with van der Waals surface area (Å²) in [6.07, 6.45) is 0. The topological polar surface area (TPSA) is 98.3 Å². The van der Waals surface area contributed by atoms with Crippen molar-refractivity contribution in [2.24, 2.45) is 0 Å². The molecular weight excluding hydrogens is 394 g/mol. The smallest absolute Gasteiger partial charge is 0.269 e. The number of nitro groups is 1. The third kappa shape index (κ3) is 3.81. The minimum Gasteiger partial charge on any atom is -0.436 e. The number of hydrogen-bond acceptors (Lipinski definition) is 5. The van der Waals surface area contributed by atoms with E-state index in [1.165, 1.54) is 24.3 Å². The summed E-state index contributed by atoms with van der Waals surface area (Å²) in [7, 11) is 0. The summed E-state index contributed by atoms with van der Waals surface area (Å²) in [5.74, 6) is -0.0524. The van der Waals surface area contributed by atoms with Gasteiger partial charge in [-0.3, -0.25) is 14.9 Å². The van der Waals surface area contributed by atoms with Crippen LogP contribution in [0.15, 0.2) is 65.1 Å². The van der Waals surface area contributed by atoms with Crippen LogP contribution in [-0.2, 0) is 0 Å². The van der Waals surface area contributed by atoms with E-state index in [4.69, 9.17) is 16.0 Å². The number of hydrogen-bond donors (Lipinski definition) is 1. The van der Waals surface area contributed by atoms with Gasteiger partial charge in [-0.05, 0) is 55.0 Å². The van der Waals surface area contributed by atoms with Crippen molar-refractivity contribution in [1.29, 1.82) is 0 Å². The Morgan fingerprint density at radius 2 is 1.86 bits per heavy atom. The largest absolute Gasteiger partial charge is 0.436 e. The number of halogens is 1. The van der Waals surface area contributed by atoms with Gasteiger partial charge in [0.15, 0.2) is 5.58 Å². The molecule has 0 aliphatic heterocycles. The van der Waals surface area contributed by atoms with Gasteiger partial charge in [0, 0.05) is 23.4 Å². The van der Waals surface area contributed by atoms with E-state index in [1.54, 1.807) is 18.2 Å². The summed E-state index contributed by atoms with van der Waals surface area (Å²) in [6.45, 7) is 1.97. The maximum atomic E-state index is 12.5. The number of oxazole rings is 1. The number of nitrogens with one attached hydrogen (secondary N) is 1. The Kier molecular flexibility index (Phi) is 4.74. The maximum Gasteiger partial charge on any atom is 0.269 e. The molecule has 0 atom stereocenters. The number of anilines is 1. The van der Waals surface area contributed by atoms with E-state index in [-0.39, 0.29) is 5.69 Å². The predicted molar refractivity (Wildman–Crippen MR) is 110 cm³/mol. The molecule has 7 nitrogen and oxygen atoms in total. The SMILES string of the molecule is Cc1ccc2oc(-c3cc(NC(=O)c4ccc([N+](=O)[O-])cc4)ccc3Cl)nc2c1. The first-order valence-corrected chi connectivity index (χ1v) is 9.01. The van der Waals surface area contributed by atoms with Gasteiger partial charge in [0.1, 0.15) is 5.52 Å². The number of non-ortho nitro benzene ring substituents is 1. The summed E-state index contributed by atoms with van der Waals surface area (Å²) >= 11 is 6.31.